The minimum Gasteiger partial charge on any atom is -0.506 e. The van der Waals surface area contributed by atoms with E-state index in [4.69, 9.17) is 0 Å². The van der Waals surface area contributed by atoms with Crippen molar-refractivity contribution in [3.63, 3.8) is 0 Å². The first-order valence-electron chi connectivity index (χ1n) is 4.10. The molecule has 1 heterocycles. The minimum absolute atomic E-state index is 0.183. The zero-order valence-electron chi connectivity index (χ0n) is 8.02. The molecule has 1 N–H and O–H groups in total. The van der Waals surface area contributed by atoms with Gasteiger partial charge in [-0.15, -0.1) is 16.2 Å². The Bertz CT molecular complexity index is 467. The number of thiophene rings is 1. The summed E-state index contributed by atoms with van der Waals surface area (Å²) in [6.07, 6.45) is 4.91. The van der Waals surface area contributed by atoms with E-state index in [1.807, 2.05) is 26.0 Å². The molecule has 0 bridgehead atoms. The van der Waals surface area contributed by atoms with Crippen molar-refractivity contribution in [3.05, 3.63) is 31.7 Å². The van der Waals surface area contributed by atoms with Gasteiger partial charge < -0.3 is 5.11 Å². The molecule has 0 unspecified atom stereocenters. The van der Waals surface area contributed by atoms with Crippen molar-refractivity contribution in [1.82, 2.24) is 0 Å². The average molecular weight is 209 g/mol. The van der Waals surface area contributed by atoms with E-state index in [1.54, 1.807) is 0 Å². The maximum absolute atomic E-state index is 9.96. The first kappa shape index (κ1) is 10.7. The molecule has 0 aliphatic rings. The third-order valence-corrected chi connectivity index (χ3v) is 2.53. The van der Waals surface area contributed by atoms with Gasteiger partial charge in [0, 0.05) is 6.07 Å². The molecule has 14 heavy (non-hydrogen) atoms. The molecule has 0 spiro atoms. The van der Waals surface area contributed by atoms with Crippen LogP contribution in [0.2, 0.25) is 0 Å². The fourth-order valence-electron chi connectivity index (χ4n) is 0.892. The first-order valence-corrected chi connectivity index (χ1v) is 4.92. The Morgan fingerprint density at radius 1 is 1.57 bits per heavy atom. The maximum atomic E-state index is 9.96. The summed E-state index contributed by atoms with van der Waals surface area (Å²) in [5.74, 6) is 0.183. The molecule has 1 rings (SSSR count). The lowest BCUT2D eigenvalue weighted by molar-refractivity contribution is 0.474. The first-order chi connectivity index (χ1) is 6.63. The Balaban J connectivity index is 3.24. The predicted octanol–water partition coefficient (Wildman–Crippen LogP) is 1.70. The van der Waals surface area contributed by atoms with Crippen molar-refractivity contribution in [2.45, 2.75) is 13.8 Å². The van der Waals surface area contributed by atoms with Crippen molar-refractivity contribution in [2.24, 2.45) is 5.18 Å². The lowest BCUT2D eigenvalue weighted by Crippen LogP contribution is -1.91. The highest BCUT2D eigenvalue weighted by atomic mass is 32.1. The zero-order valence-corrected chi connectivity index (χ0v) is 8.84. The Morgan fingerprint density at radius 2 is 2.29 bits per heavy atom. The highest BCUT2D eigenvalue weighted by molar-refractivity contribution is 7.08. The minimum atomic E-state index is 0.183. The van der Waals surface area contributed by atoms with Crippen molar-refractivity contribution in [1.29, 1.82) is 0 Å². The molecule has 0 aliphatic carbocycles. The summed E-state index contributed by atoms with van der Waals surface area (Å²) in [4.78, 5) is 9.96. The standard InChI is InChI=1S/C10H11NO2S/c1-7(2)3-4-10-9(12)5-8(14-10)6-11-13/h3-6,12H,1-2H3/b8-6+,10-4-. The summed E-state index contributed by atoms with van der Waals surface area (Å²) in [7, 11) is 0. The summed E-state index contributed by atoms with van der Waals surface area (Å²) in [6.45, 7) is 3.95. The molecule has 0 aliphatic heterocycles. The molecule has 0 aromatic carbocycles. The lowest BCUT2D eigenvalue weighted by atomic mass is 10.3. The van der Waals surface area contributed by atoms with Crippen LogP contribution in [0.3, 0.4) is 0 Å². The van der Waals surface area contributed by atoms with Crippen LogP contribution in [0.15, 0.2) is 22.9 Å². The predicted molar refractivity (Wildman–Crippen MR) is 59.4 cm³/mol. The van der Waals surface area contributed by atoms with E-state index in [9.17, 15) is 10.0 Å². The fraction of sp³-hybridized carbons (Fsp3) is 0.200. The number of nitroso groups, excluding NO2 is 1. The smallest absolute Gasteiger partial charge is 0.134 e. The molecule has 4 heteroatoms. The van der Waals surface area contributed by atoms with Crippen molar-refractivity contribution in [3.8, 4) is 5.75 Å². The normalized spacial score (nSPS) is 13.0. The van der Waals surface area contributed by atoms with Crippen LogP contribution in [0, 0.1) is 4.91 Å². The van der Waals surface area contributed by atoms with Crippen molar-refractivity contribution < 1.29 is 5.11 Å². The van der Waals surface area contributed by atoms with E-state index in [0.29, 0.717) is 4.53 Å². The third-order valence-electron chi connectivity index (χ3n) is 1.51. The van der Waals surface area contributed by atoms with Gasteiger partial charge in [-0.1, -0.05) is 11.6 Å². The van der Waals surface area contributed by atoms with E-state index in [-0.39, 0.29) is 5.75 Å². The SMILES string of the molecule is CC(C)=C/C=c1\s/c(=C/N=O)cc1O. The number of nitrogens with zero attached hydrogens (tertiary/aromatic N) is 1. The van der Waals surface area contributed by atoms with E-state index in [0.717, 1.165) is 10.1 Å². The van der Waals surface area contributed by atoms with Crippen molar-refractivity contribution >= 4 is 23.6 Å². The molecule has 0 saturated heterocycles. The summed E-state index contributed by atoms with van der Waals surface area (Å²) < 4.78 is 1.40. The summed E-state index contributed by atoms with van der Waals surface area (Å²) >= 11 is 1.33. The molecule has 0 amide bonds. The highest BCUT2D eigenvalue weighted by Gasteiger charge is 1.94. The fourth-order valence-corrected chi connectivity index (χ4v) is 1.71. The van der Waals surface area contributed by atoms with E-state index >= 15 is 0 Å². The molecular weight excluding hydrogens is 198 g/mol. The third kappa shape index (κ3) is 2.81. The average Bonchev–Trinajstić information content (AvgIpc) is 2.44. The van der Waals surface area contributed by atoms with Gasteiger partial charge in [-0.05, 0) is 25.1 Å². The molecule has 1 aromatic heterocycles. The molecule has 0 saturated carbocycles. The van der Waals surface area contributed by atoms with E-state index in [2.05, 4.69) is 5.18 Å². The van der Waals surface area contributed by atoms with Gasteiger partial charge in [0.25, 0.3) is 0 Å². The summed E-state index contributed by atoms with van der Waals surface area (Å²) in [6, 6.07) is 1.52. The van der Waals surface area contributed by atoms with Crippen LogP contribution in [-0.4, -0.2) is 5.11 Å². The molecule has 0 atom stereocenters. The monoisotopic (exact) mass is 209 g/mol. The second kappa shape index (κ2) is 4.72. The number of allylic oxidation sites excluding steroid dienone is 2. The quantitative estimate of drug-likeness (QED) is 0.754. The molecule has 74 valence electrons. The molecule has 0 radical (unpaired) electrons. The maximum Gasteiger partial charge on any atom is 0.134 e. The van der Waals surface area contributed by atoms with Gasteiger partial charge in [-0.3, -0.25) is 0 Å². The van der Waals surface area contributed by atoms with Crippen LogP contribution in [0.25, 0.3) is 12.3 Å². The summed E-state index contributed by atoms with van der Waals surface area (Å²) in [5, 5.41) is 12.1. The van der Waals surface area contributed by atoms with Crippen LogP contribution < -0.4 is 9.06 Å². The molecular formula is C10H11NO2S. The zero-order chi connectivity index (χ0) is 10.6. The van der Waals surface area contributed by atoms with E-state index in [1.165, 1.54) is 23.6 Å². The second-order valence-electron chi connectivity index (χ2n) is 3.04. The van der Waals surface area contributed by atoms with Crippen LogP contribution >= 0.6 is 11.3 Å². The number of hydrogen-bond donors (Lipinski definition) is 1. The number of aromatic hydroxyl groups is 1. The van der Waals surface area contributed by atoms with Crippen LogP contribution in [0.1, 0.15) is 13.8 Å². The Morgan fingerprint density at radius 3 is 2.86 bits per heavy atom. The van der Waals surface area contributed by atoms with Gasteiger partial charge in [0.05, 0.1) is 15.3 Å². The lowest BCUT2D eigenvalue weighted by Gasteiger charge is -1.82. The molecule has 1 aromatic rings. The molecule has 0 fully saturated rings. The van der Waals surface area contributed by atoms with Crippen LogP contribution in [-0.2, 0) is 0 Å². The largest absolute Gasteiger partial charge is 0.506 e. The Hall–Kier alpha value is -1.42. The van der Waals surface area contributed by atoms with E-state index < -0.39 is 0 Å². The van der Waals surface area contributed by atoms with Crippen molar-refractivity contribution in [2.75, 3.05) is 0 Å². The number of rotatable bonds is 2. The van der Waals surface area contributed by atoms with Gasteiger partial charge in [0.1, 0.15) is 5.75 Å². The van der Waals surface area contributed by atoms with Gasteiger partial charge >= 0.3 is 0 Å². The molecule has 3 nitrogen and oxygen atoms in total. The summed E-state index contributed by atoms with van der Waals surface area (Å²) in [5.41, 5.74) is 1.15. The topological polar surface area (TPSA) is 49.7 Å². The van der Waals surface area contributed by atoms with Gasteiger partial charge in [0.2, 0.25) is 0 Å². The van der Waals surface area contributed by atoms with Gasteiger partial charge in [-0.2, -0.15) is 0 Å². The second-order valence-corrected chi connectivity index (χ2v) is 4.16. The van der Waals surface area contributed by atoms with Gasteiger partial charge in [0.15, 0.2) is 0 Å². The Kier molecular flexibility index (Phi) is 3.59. The number of hydrogen-bond acceptors (Lipinski definition) is 4. The highest BCUT2D eigenvalue weighted by Crippen LogP contribution is 2.00. The van der Waals surface area contributed by atoms with Gasteiger partial charge in [-0.25, -0.2) is 0 Å². The Labute approximate surface area is 85.7 Å². The van der Waals surface area contributed by atoms with Crippen LogP contribution in [0.5, 0.6) is 5.75 Å². The van der Waals surface area contributed by atoms with Crippen LogP contribution in [0.4, 0.5) is 0 Å².